The van der Waals surface area contributed by atoms with Gasteiger partial charge in [-0.05, 0) is 17.5 Å². The Hall–Kier alpha value is -1.06. The van der Waals surface area contributed by atoms with Crippen LogP contribution in [0.4, 0.5) is 0 Å². The first kappa shape index (κ1) is 11.0. The fourth-order valence-electron chi connectivity index (χ4n) is 1.28. The lowest BCUT2D eigenvalue weighted by Gasteiger charge is -1.98. The Morgan fingerprint density at radius 2 is 1.86 bits per heavy atom. The van der Waals surface area contributed by atoms with Crippen molar-refractivity contribution < 1.29 is 10.0 Å². The molecule has 0 unspecified atom stereocenters. The molecule has 14 heavy (non-hydrogen) atoms. The van der Waals surface area contributed by atoms with Crippen LogP contribution in [0.3, 0.4) is 0 Å². The minimum atomic E-state index is -1.37. The summed E-state index contributed by atoms with van der Waals surface area (Å²) in [5, 5.41) is 17.2. The summed E-state index contributed by atoms with van der Waals surface area (Å²) in [5.41, 5.74) is 2.30. The van der Waals surface area contributed by atoms with Gasteiger partial charge in [0, 0.05) is 0 Å². The molecular formula is C11H15BO2. The standard InChI is InChI=1S/C11H15BO2/c1-2-3-10-4-6-11(7-5-10)8-9-12(13)14/h4-9,13-14H,2-3H2,1H3. The summed E-state index contributed by atoms with van der Waals surface area (Å²) in [6.07, 6.45) is 3.93. The van der Waals surface area contributed by atoms with Gasteiger partial charge in [0.05, 0.1) is 0 Å². The zero-order valence-corrected chi connectivity index (χ0v) is 8.35. The van der Waals surface area contributed by atoms with Gasteiger partial charge in [0.15, 0.2) is 0 Å². The average molecular weight is 190 g/mol. The van der Waals surface area contributed by atoms with Crippen LogP contribution >= 0.6 is 0 Å². The molecule has 1 aromatic carbocycles. The third kappa shape index (κ3) is 3.77. The van der Waals surface area contributed by atoms with Crippen molar-refractivity contribution >= 4 is 13.2 Å². The molecule has 0 atom stereocenters. The second-order valence-corrected chi connectivity index (χ2v) is 3.26. The van der Waals surface area contributed by atoms with Gasteiger partial charge in [-0.1, -0.05) is 49.7 Å². The van der Waals surface area contributed by atoms with Crippen molar-refractivity contribution in [3.05, 3.63) is 41.4 Å². The highest BCUT2D eigenvalue weighted by molar-refractivity contribution is 6.48. The monoisotopic (exact) mass is 190 g/mol. The van der Waals surface area contributed by atoms with Crippen LogP contribution in [0.15, 0.2) is 30.2 Å². The molecule has 0 radical (unpaired) electrons. The SMILES string of the molecule is CCCc1ccc(C=CB(O)O)cc1. The first-order valence-electron chi connectivity index (χ1n) is 4.85. The van der Waals surface area contributed by atoms with Gasteiger partial charge in [0.1, 0.15) is 0 Å². The Morgan fingerprint density at radius 3 is 2.36 bits per heavy atom. The van der Waals surface area contributed by atoms with Crippen LogP contribution < -0.4 is 0 Å². The van der Waals surface area contributed by atoms with E-state index < -0.39 is 7.12 Å². The molecule has 0 fully saturated rings. The molecule has 0 saturated carbocycles. The summed E-state index contributed by atoms with van der Waals surface area (Å²) in [7, 11) is -1.37. The van der Waals surface area contributed by atoms with Crippen molar-refractivity contribution in [2.75, 3.05) is 0 Å². The Kier molecular flexibility index (Phi) is 4.43. The normalized spacial score (nSPS) is 10.8. The van der Waals surface area contributed by atoms with Crippen LogP contribution in [0.5, 0.6) is 0 Å². The van der Waals surface area contributed by atoms with E-state index in [0.29, 0.717) is 0 Å². The van der Waals surface area contributed by atoms with Crippen molar-refractivity contribution in [3.63, 3.8) is 0 Å². The van der Waals surface area contributed by atoms with E-state index in [0.717, 1.165) is 18.4 Å². The fraction of sp³-hybridized carbons (Fsp3) is 0.273. The maximum absolute atomic E-state index is 8.62. The number of benzene rings is 1. The minimum Gasteiger partial charge on any atom is -0.424 e. The van der Waals surface area contributed by atoms with E-state index in [1.54, 1.807) is 6.08 Å². The minimum absolute atomic E-state index is 0.984. The lowest BCUT2D eigenvalue weighted by atomic mass is 9.90. The highest BCUT2D eigenvalue weighted by Crippen LogP contribution is 2.07. The third-order valence-electron chi connectivity index (χ3n) is 1.98. The number of aryl methyl sites for hydroxylation is 1. The van der Waals surface area contributed by atoms with Gasteiger partial charge in [-0.15, -0.1) is 0 Å². The highest BCUT2D eigenvalue weighted by Gasteiger charge is 1.97. The van der Waals surface area contributed by atoms with E-state index in [2.05, 4.69) is 19.1 Å². The molecule has 0 amide bonds. The van der Waals surface area contributed by atoms with E-state index in [4.69, 9.17) is 10.0 Å². The summed E-state index contributed by atoms with van der Waals surface area (Å²) < 4.78 is 0. The molecule has 0 aliphatic heterocycles. The molecule has 0 saturated heterocycles. The van der Waals surface area contributed by atoms with Crippen LogP contribution in [0.1, 0.15) is 24.5 Å². The zero-order chi connectivity index (χ0) is 10.4. The van der Waals surface area contributed by atoms with Crippen molar-refractivity contribution in [1.29, 1.82) is 0 Å². The van der Waals surface area contributed by atoms with Crippen molar-refractivity contribution in [3.8, 4) is 0 Å². The summed E-state index contributed by atoms with van der Waals surface area (Å²) in [5.74, 6) is 1.34. The van der Waals surface area contributed by atoms with Crippen molar-refractivity contribution in [1.82, 2.24) is 0 Å². The predicted molar refractivity (Wildman–Crippen MR) is 59.7 cm³/mol. The molecule has 1 rings (SSSR count). The lowest BCUT2D eigenvalue weighted by Crippen LogP contribution is -2.05. The molecule has 74 valence electrons. The van der Waals surface area contributed by atoms with Crippen LogP contribution in [0.2, 0.25) is 0 Å². The highest BCUT2D eigenvalue weighted by atomic mass is 16.4. The van der Waals surface area contributed by atoms with Gasteiger partial charge in [-0.3, -0.25) is 0 Å². The molecular weight excluding hydrogens is 175 g/mol. The lowest BCUT2D eigenvalue weighted by molar-refractivity contribution is 0.424. The van der Waals surface area contributed by atoms with Crippen molar-refractivity contribution in [2.45, 2.75) is 19.8 Å². The number of hydrogen-bond donors (Lipinski definition) is 2. The molecule has 3 heteroatoms. The molecule has 2 N–H and O–H groups in total. The third-order valence-corrected chi connectivity index (χ3v) is 1.98. The van der Waals surface area contributed by atoms with Gasteiger partial charge < -0.3 is 10.0 Å². The summed E-state index contributed by atoms with van der Waals surface area (Å²) in [4.78, 5) is 0. The average Bonchev–Trinajstić information content (AvgIpc) is 2.17. The molecule has 0 aliphatic carbocycles. The van der Waals surface area contributed by atoms with Gasteiger partial charge in [0.2, 0.25) is 0 Å². The summed E-state index contributed by atoms with van der Waals surface area (Å²) in [6, 6.07) is 8.08. The molecule has 1 aromatic rings. The second-order valence-electron chi connectivity index (χ2n) is 3.26. The van der Waals surface area contributed by atoms with Gasteiger partial charge in [0.25, 0.3) is 0 Å². The maximum Gasteiger partial charge on any atom is 0.480 e. The topological polar surface area (TPSA) is 40.5 Å². The van der Waals surface area contributed by atoms with E-state index >= 15 is 0 Å². The number of rotatable bonds is 4. The molecule has 0 heterocycles. The molecule has 0 spiro atoms. The first-order valence-corrected chi connectivity index (χ1v) is 4.85. The van der Waals surface area contributed by atoms with Crippen LogP contribution in [0, 0.1) is 0 Å². The largest absolute Gasteiger partial charge is 0.480 e. The van der Waals surface area contributed by atoms with Crippen LogP contribution in [-0.2, 0) is 6.42 Å². The molecule has 0 bridgehead atoms. The fourth-order valence-corrected chi connectivity index (χ4v) is 1.28. The van der Waals surface area contributed by atoms with Gasteiger partial charge >= 0.3 is 7.12 Å². The van der Waals surface area contributed by atoms with Gasteiger partial charge in [-0.2, -0.15) is 0 Å². The summed E-state index contributed by atoms with van der Waals surface area (Å²) in [6.45, 7) is 2.15. The molecule has 0 aromatic heterocycles. The number of hydrogen-bond acceptors (Lipinski definition) is 2. The first-order chi connectivity index (χ1) is 6.72. The van der Waals surface area contributed by atoms with E-state index in [-0.39, 0.29) is 0 Å². The van der Waals surface area contributed by atoms with E-state index in [1.807, 2.05) is 12.1 Å². The summed E-state index contributed by atoms with van der Waals surface area (Å²) >= 11 is 0. The maximum atomic E-state index is 8.62. The van der Waals surface area contributed by atoms with E-state index in [9.17, 15) is 0 Å². The Morgan fingerprint density at radius 1 is 1.21 bits per heavy atom. The van der Waals surface area contributed by atoms with Gasteiger partial charge in [-0.25, -0.2) is 0 Å². The zero-order valence-electron chi connectivity index (χ0n) is 8.35. The smallest absolute Gasteiger partial charge is 0.424 e. The molecule has 0 aliphatic rings. The molecule has 2 nitrogen and oxygen atoms in total. The van der Waals surface area contributed by atoms with Crippen LogP contribution in [-0.4, -0.2) is 17.2 Å². The Labute approximate surface area is 85.0 Å². The Balaban J connectivity index is 2.64. The Bertz CT molecular complexity index is 291. The quantitative estimate of drug-likeness (QED) is 0.709. The van der Waals surface area contributed by atoms with Crippen LogP contribution in [0.25, 0.3) is 6.08 Å². The second kappa shape index (κ2) is 5.63. The van der Waals surface area contributed by atoms with E-state index in [1.165, 1.54) is 11.5 Å². The van der Waals surface area contributed by atoms with Crippen molar-refractivity contribution in [2.24, 2.45) is 0 Å². The predicted octanol–water partition coefficient (Wildman–Crippen LogP) is 1.66.